The van der Waals surface area contributed by atoms with E-state index in [4.69, 9.17) is 13.6 Å². The van der Waals surface area contributed by atoms with Crippen LogP contribution in [-0.4, -0.2) is 12.6 Å². The van der Waals surface area contributed by atoms with E-state index in [-0.39, 0.29) is 11.2 Å². The zero-order valence-electron chi connectivity index (χ0n) is 10.7. The molecule has 6 heteroatoms. The smallest absolute Gasteiger partial charge is 0.193 e. The fourth-order valence-corrected chi connectivity index (χ4v) is 1.91. The second-order valence-electron chi connectivity index (χ2n) is 4.27. The number of ether oxygens (including phenoxy) is 1. The molecule has 0 atom stereocenters. The van der Waals surface area contributed by atoms with Gasteiger partial charge < -0.3 is 23.5 Å². The van der Waals surface area contributed by atoms with Crippen molar-refractivity contribution in [2.45, 2.75) is 0 Å². The predicted molar refractivity (Wildman–Crippen MR) is 70.7 cm³/mol. The molecule has 0 saturated carbocycles. The summed E-state index contributed by atoms with van der Waals surface area (Å²) in [6.45, 7) is -0.582. The third-order valence-electron chi connectivity index (χ3n) is 2.82. The first-order chi connectivity index (χ1) is 10.1. The third kappa shape index (κ3) is 2.64. The first-order valence-electron chi connectivity index (χ1n) is 6.08. The van der Waals surface area contributed by atoms with Crippen molar-refractivity contribution >= 4 is 16.9 Å². The molecule has 0 radical (unpaired) electrons. The van der Waals surface area contributed by atoms with Gasteiger partial charge in [-0.3, -0.25) is 4.79 Å². The Morgan fingerprint density at radius 3 is 2.76 bits per heavy atom. The van der Waals surface area contributed by atoms with Gasteiger partial charge in [0.2, 0.25) is 0 Å². The Kier molecular flexibility index (Phi) is 3.19. The lowest BCUT2D eigenvalue weighted by atomic mass is 10.2. The van der Waals surface area contributed by atoms with Crippen molar-refractivity contribution in [3.8, 4) is 17.3 Å². The van der Waals surface area contributed by atoms with Gasteiger partial charge in [0.1, 0.15) is 17.9 Å². The quantitative estimate of drug-likeness (QED) is 0.714. The Morgan fingerprint density at radius 1 is 1.19 bits per heavy atom. The molecule has 0 bridgehead atoms. The third-order valence-corrected chi connectivity index (χ3v) is 2.82. The molecule has 0 amide bonds. The second-order valence-corrected chi connectivity index (χ2v) is 4.27. The zero-order valence-corrected chi connectivity index (χ0v) is 10.7. The highest BCUT2D eigenvalue weighted by Gasteiger charge is 2.09. The van der Waals surface area contributed by atoms with E-state index in [1.807, 2.05) is 0 Å². The van der Waals surface area contributed by atoms with Gasteiger partial charge in [-0.25, -0.2) is 0 Å². The normalized spacial score (nSPS) is 10.7. The van der Waals surface area contributed by atoms with Crippen molar-refractivity contribution in [3.05, 3.63) is 52.9 Å². The standard InChI is InChI=1S/C15H10O6/c16-11-7-14(13-2-1-5-19-13)21-12-4-3-9(6-10(11)12)20-8-15(17)18/h1-7H,8H2,(H,17,18)/p-1. The molecule has 106 valence electrons. The Labute approximate surface area is 118 Å². The average molecular weight is 285 g/mol. The first-order valence-corrected chi connectivity index (χ1v) is 6.08. The highest BCUT2D eigenvalue weighted by Crippen LogP contribution is 2.24. The Hall–Kier alpha value is -3.02. The van der Waals surface area contributed by atoms with E-state index >= 15 is 0 Å². The zero-order chi connectivity index (χ0) is 14.8. The lowest BCUT2D eigenvalue weighted by Gasteiger charge is -2.07. The van der Waals surface area contributed by atoms with E-state index in [2.05, 4.69) is 0 Å². The van der Waals surface area contributed by atoms with E-state index in [1.165, 1.54) is 30.5 Å². The minimum Gasteiger partial charge on any atom is -0.546 e. The lowest BCUT2D eigenvalue weighted by Crippen LogP contribution is -2.28. The summed E-state index contributed by atoms with van der Waals surface area (Å²) < 4.78 is 15.7. The molecule has 2 heterocycles. The van der Waals surface area contributed by atoms with Crippen LogP contribution in [0.5, 0.6) is 5.75 Å². The summed E-state index contributed by atoms with van der Waals surface area (Å²) in [7, 11) is 0. The van der Waals surface area contributed by atoms with Crippen molar-refractivity contribution in [2.75, 3.05) is 6.61 Å². The lowest BCUT2D eigenvalue weighted by molar-refractivity contribution is -0.307. The van der Waals surface area contributed by atoms with E-state index < -0.39 is 12.6 Å². The van der Waals surface area contributed by atoms with Crippen LogP contribution in [0.15, 0.2) is 56.3 Å². The number of furan rings is 1. The fraction of sp³-hybridized carbons (Fsp3) is 0.0667. The van der Waals surface area contributed by atoms with Crippen LogP contribution in [0.2, 0.25) is 0 Å². The molecular weight excluding hydrogens is 276 g/mol. The number of benzene rings is 1. The van der Waals surface area contributed by atoms with E-state index in [9.17, 15) is 14.7 Å². The van der Waals surface area contributed by atoms with E-state index in [1.54, 1.807) is 12.1 Å². The molecule has 0 spiro atoms. The van der Waals surface area contributed by atoms with Gasteiger partial charge in [0.15, 0.2) is 16.9 Å². The maximum absolute atomic E-state index is 12.1. The molecule has 21 heavy (non-hydrogen) atoms. The summed E-state index contributed by atoms with van der Waals surface area (Å²) in [4.78, 5) is 22.5. The summed E-state index contributed by atoms with van der Waals surface area (Å²) in [5.41, 5.74) is 0.0799. The van der Waals surface area contributed by atoms with Crippen LogP contribution in [0.4, 0.5) is 0 Å². The fourth-order valence-electron chi connectivity index (χ4n) is 1.91. The summed E-state index contributed by atoms with van der Waals surface area (Å²) in [5, 5.41) is 10.6. The van der Waals surface area contributed by atoms with Gasteiger partial charge in [0, 0.05) is 6.07 Å². The number of aliphatic carboxylic acids is 1. The molecule has 1 aromatic carbocycles. The number of fused-ring (bicyclic) bond motifs is 1. The van der Waals surface area contributed by atoms with Crippen molar-refractivity contribution in [1.29, 1.82) is 0 Å². The highest BCUT2D eigenvalue weighted by molar-refractivity contribution is 5.79. The molecule has 0 saturated heterocycles. The number of rotatable bonds is 4. The van der Waals surface area contributed by atoms with Crippen molar-refractivity contribution in [3.63, 3.8) is 0 Å². The number of hydrogen-bond acceptors (Lipinski definition) is 6. The van der Waals surface area contributed by atoms with Gasteiger partial charge in [0.05, 0.1) is 17.6 Å². The van der Waals surface area contributed by atoms with Gasteiger partial charge in [0.25, 0.3) is 0 Å². The molecule has 0 aliphatic rings. The molecule has 0 N–H and O–H groups in total. The summed E-state index contributed by atoms with van der Waals surface area (Å²) in [6.07, 6.45) is 1.48. The van der Waals surface area contributed by atoms with Crippen LogP contribution < -0.4 is 15.3 Å². The Bertz CT molecular complexity index is 844. The summed E-state index contributed by atoms with van der Waals surface area (Å²) >= 11 is 0. The van der Waals surface area contributed by atoms with Gasteiger partial charge in [-0.05, 0) is 30.3 Å². The molecule has 0 aliphatic heterocycles. The largest absolute Gasteiger partial charge is 0.546 e. The SMILES string of the molecule is O=C([O-])COc1ccc2oc(-c3ccco3)cc(=O)c2c1. The second kappa shape index (κ2) is 5.16. The molecule has 2 aromatic heterocycles. The molecular formula is C15H9O6-. The number of carboxylic acid groups (broad SMARTS) is 1. The number of carbonyl (C=O) groups is 1. The first kappa shape index (κ1) is 13.0. The predicted octanol–water partition coefficient (Wildman–Crippen LogP) is 1.18. The van der Waals surface area contributed by atoms with Crippen LogP contribution in [0.3, 0.4) is 0 Å². The molecule has 3 rings (SSSR count). The number of hydrogen-bond donors (Lipinski definition) is 0. The Morgan fingerprint density at radius 2 is 2.05 bits per heavy atom. The molecule has 3 aromatic rings. The van der Waals surface area contributed by atoms with E-state index in [0.29, 0.717) is 22.5 Å². The van der Waals surface area contributed by atoms with Crippen LogP contribution in [0.1, 0.15) is 0 Å². The number of carboxylic acids is 1. The maximum atomic E-state index is 12.1. The van der Waals surface area contributed by atoms with Crippen LogP contribution in [0, 0.1) is 0 Å². The van der Waals surface area contributed by atoms with Gasteiger partial charge in [-0.15, -0.1) is 0 Å². The van der Waals surface area contributed by atoms with Crippen molar-refractivity contribution in [1.82, 2.24) is 0 Å². The monoisotopic (exact) mass is 285 g/mol. The van der Waals surface area contributed by atoms with Crippen molar-refractivity contribution < 1.29 is 23.5 Å². The molecule has 6 nitrogen and oxygen atoms in total. The average Bonchev–Trinajstić information content (AvgIpc) is 2.99. The molecule has 0 fully saturated rings. The molecule has 0 unspecified atom stereocenters. The van der Waals surface area contributed by atoms with Gasteiger partial charge >= 0.3 is 0 Å². The van der Waals surface area contributed by atoms with Crippen LogP contribution in [0.25, 0.3) is 22.5 Å². The summed E-state index contributed by atoms with van der Waals surface area (Å²) in [5.74, 6) is -0.313. The van der Waals surface area contributed by atoms with Gasteiger partial charge in [-0.1, -0.05) is 0 Å². The minimum atomic E-state index is -1.34. The highest BCUT2D eigenvalue weighted by atomic mass is 16.5. The number of carbonyl (C=O) groups excluding carboxylic acids is 1. The van der Waals surface area contributed by atoms with Crippen LogP contribution >= 0.6 is 0 Å². The van der Waals surface area contributed by atoms with Gasteiger partial charge in [-0.2, -0.15) is 0 Å². The van der Waals surface area contributed by atoms with Crippen molar-refractivity contribution in [2.24, 2.45) is 0 Å². The van der Waals surface area contributed by atoms with E-state index in [0.717, 1.165) is 0 Å². The minimum absolute atomic E-state index is 0.254. The van der Waals surface area contributed by atoms with Crippen LogP contribution in [-0.2, 0) is 4.79 Å². The molecule has 0 aliphatic carbocycles. The summed E-state index contributed by atoms with van der Waals surface area (Å²) in [6, 6.07) is 9.16. The maximum Gasteiger partial charge on any atom is 0.193 e. The topological polar surface area (TPSA) is 92.7 Å². The Balaban J connectivity index is 2.03.